The molecule has 1 heterocycles. The highest BCUT2D eigenvalue weighted by Crippen LogP contribution is 2.14. The molecule has 0 spiro atoms. The summed E-state index contributed by atoms with van der Waals surface area (Å²) in [6.45, 7) is 3.20. The molecule has 0 fully saturated rings. The summed E-state index contributed by atoms with van der Waals surface area (Å²) in [6.07, 6.45) is 6.31. The van der Waals surface area contributed by atoms with Gasteiger partial charge in [0.15, 0.2) is 0 Å². The number of benzene rings is 1. The Morgan fingerprint density at radius 1 is 1.50 bits per heavy atom. The van der Waals surface area contributed by atoms with Gasteiger partial charge in [-0.25, -0.2) is 9.78 Å². The highest BCUT2D eigenvalue weighted by Gasteiger charge is 1.98. The van der Waals surface area contributed by atoms with Crippen molar-refractivity contribution in [1.29, 1.82) is 0 Å². The third-order valence-corrected chi connectivity index (χ3v) is 2.80. The summed E-state index contributed by atoms with van der Waals surface area (Å²) < 4.78 is 7.66. The van der Waals surface area contributed by atoms with E-state index in [9.17, 15) is 4.79 Å². The standard InChI is InChI=1S/C15H16N2O3/c1-12-16-7-8-17(12)9-10-20-14-4-2-3-13(11-14)5-6-15(18)19/h2-8,11H,9-10H2,1H3,(H,18,19). The number of aliphatic carboxylic acids is 1. The van der Waals surface area contributed by atoms with E-state index in [-0.39, 0.29) is 0 Å². The molecule has 0 atom stereocenters. The number of ether oxygens (including phenoxy) is 1. The molecule has 1 aromatic heterocycles. The minimum Gasteiger partial charge on any atom is -0.492 e. The molecule has 5 nitrogen and oxygen atoms in total. The Labute approximate surface area is 117 Å². The lowest BCUT2D eigenvalue weighted by Gasteiger charge is -2.08. The molecule has 5 heteroatoms. The number of rotatable bonds is 6. The van der Waals surface area contributed by atoms with Crippen molar-refractivity contribution in [2.45, 2.75) is 13.5 Å². The van der Waals surface area contributed by atoms with E-state index < -0.39 is 5.97 Å². The second-order valence-electron chi connectivity index (χ2n) is 4.26. The molecule has 0 saturated heterocycles. The number of imidazole rings is 1. The Morgan fingerprint density at radius 3 is 3.05 bits per heavy atom. The number of carbonyl (C=O) groups is 1. The van der Waals surface area contributed by atoms with Crippen molar-refractivity contribution >= 4 is 12.0 Å². The van der Waals surface area contributed by atoms with Crippen LogP contribution in [0.15, 0.2) is 42.7 Å². The van der Waals surface area contributed by atoms with E-state index in [0.29, 0.717) is 6.61 Å². The minimum atomic E-state index is -0.966. The van der Waals surface area contributed by atoms with Crippen LogP contribution >= 0.6 is 0 Å². The molecule has 0 bridgehead atoms. The SMILES string of the molecule is Cc1nccn1CCOc1cccc(C=CC(=O)O)c1. The molecule has 0 aliphatic carbocycles. The fourth-order valence-electron chi connectivity index (χ4n) is 1.78. The van der Waals surface area contributed by atoms with Crippen molar-refractivity contribution in [1.82, 2.24) is 9.55 Å². The van der Waals surface area contributed by atoms with Gasteiger partial charge >= 0.3 is 5.97 Å². The Bertz CT molecular complexity index is 617. The number of nitrogens with zero attached hydrogens (tertiary/aromatic N) is 2. The molecular formula is C15H16N2O3. The molecule has 0 aliphatic heterocycles. The number of hydrogen-bond donors (Lipinski definition) is 1. The maximum absolute atomic E-state index is 10.5. The largest absolute Gasteiger partial charge is 0.492 e. The third-order valence-electron chi connectivity index (χ3n) is 2.80. The zero-order chi connectivity index (χ0) is 14.4. The van der Waals surface area contributed by atoms with Gasteiger partial charge in [-0.1, -0.05) is 12.1 Å². The molecule has 0 aliphatic rings. The van der Waals surface area contributed by atoms with E-state index in [1.54, 1.807) is 12.3 Å². The van der Waals surface area contributed by atoms with E-state index >= 15 is 0 Å². The van der Waals surface area contributed by atoms with Crippen LogP contribution in [-0.2, 0) is 11.3 Å². The number of carboxylic acids is 1. The molecule has 0 amide bonds. The highest BCUT2D eigenvalue weighted by molar-refractivity contribution is 5.85. The van der Waals surface area contributed by atoms with E-state index in [1.807, 2.05) is 35.9 Å². The first-order chi connectivity index (χ1) is 9.65. The van der Waals surface area contributed by atoms with Gasteiger partial charge in [-0.05, 0) is 30.7 Å². The fraction of sp³-hybridized carbons (Fsp3) is 0.200. The number of hydrogen-bond acceptors (Lipinski definition) is 3. The first-order valence-electron chi connectivity index (χ1n) is 6.27. The maximum Gasteiger partial charge on any atom is 0.328 e. The molecule has 20 heavy (non-hydrogen) atoms. The second kappa shape index (κ2) is 6.56. The molecule has 0 unspecified atom stereocenters. The van der Waals surface area contributed by atoms with Gasteiger partial charge in [0.1, 0.15) is 18.2 Å². The van der Waals surface area contributed by atoms with Gasteiger partial charge in [0, 0.05) is 18.5 Å². The number of aromatic nitrogens is 2. The highest BCUT2D eigenvalue weighted by atomic mass is 16.5. The summed E-state index contributed by atoms with van der Waals surface area (Å²) in [6, 6.07) is 7.31. The quantitative estimate of drug-likeness (QED) is 0.820. The predicted octanol–water partition coefficient (Wildman–Crippen LogP) is 2.37. The Morgan fingerprint density at radius 2 is 2.35 bits per heavy atom. The van der Waals surface area contributed by atoms with Crippen molar-refractivity contribution < 1.29 is 14.6 Å². The fourth-order valence-corrected chi connectivity index (χ4v) is 1.78. The molecular weight excluding hydrogens is 256 g/mol. The second-order valence-corrected chi connectivity index (χ2v) is 4.26. The number of carboxylic acid groups (broad SMARTS) is 1. The molecule has 1 N–H and O–H groups in total. The zero-order valence-electron chi connectivity index (χ0n) is 11.2. The van der Waals surface area contributed by atoms with Gasteiger partial charge in [0.2, 0.25) is 0 Å². The van der Waals surface area contributed by atoms with Gasteiger partial charge < -0.3 is 14.4 Å². The van der Waals surface area contributed by atoms with Gasteiger partial charge in [-0.15, -0.1) is 0 Å². The van der Waals surface area contributed by atoms with E-state index in [0.717, 1.165) is 29.8 Å². The zero-order valence-corrected chi connectivity index (χ0v) is 11.2. The summed E-state index contributed by atoms with van der Waals surface area (Å²) in [5.41, 5.74) is 0.795. The van der Waals surface area contributed by atoms with Crippen LogP contribution in [0.5, 0.6) is 5.75 Å². The first-order valence-corrected chi connectivity index (χ1v) is 6.27. The van der Waals surface area contributed by atoms with Gasteiger partial charge in [0.05, 0.1) is 6.54 Å². The average molecular weight is 272 g/mol. The Balaban J connectivity index is 1.91. The van der Waals surface area contributed by atoms with Crippen LogP contribution < -0.4 is 4.74 Å². The number of aryl methyl sites for hydroxylation is 1. The van der Waals surface area contributed by atoms with Crippen LogP contribution in [0.2, 0.25) is 0 Å². The summed E-state index contributed by atoms with van der Waals surface area (Å²) >= 11 is 0. The van der Waals surface area contributed by atoms with Gasteiger partial charge in [-0.2, -0.15) is 0 Å². The summed E-state index contributed by atoms with van der Waals surface area (Å²) in [4.78, 5) is 14.6. The minimum absolute atomic E-state index is 0.531. The Kier molecular flexibility index (Phi) is 4.55. The van der Waals surface area contributed by atoms with E-state index in [4.69, 9.17) is 9.84 Å². The van der Waals surface area contributed by atoms with Crippen molar-refractivity contribution in [3.8, 4) is 5.75 Å². The van der Waals surface area contributed by atoms with Crippen LogP contribution in [0.1, 0.15) is 11.4 Å². The molecule has 2 aromatic rings. The lowest BCUT2D eigenvalue weighted by atomic mass is 10.2. The predicted molar refractivity (Wildman–Crippen MR) is 75.6 cm³/mol. The normalized spacial score (nSPS) is 10.8. The van der Waals surface area contributed by atoms with E-state index in [1.165, 1.54) is 6.08 Å². The average Bonchev–Trinajstić information content (AvgIpc) is 2.83. The van der Waals surface area contributed by atoms with Crippen molar-refractivity contribution in [3.63, 3.8) is 0 Å². The lowest BCUT2D eigenvalue weighted by molar-refractivity contribution is -0.131. The lowest BCUT2D eigenvalue weighted by Crippen LogP contribution is -2.08. The summed E-state index contributed by atoms with van der Waals surface area (Å²) in [5, 5.41) is 8.59. The smallest absolute Gasteiger partial charge is 0.328 e. The van der Waals surface area contributed by atoms with Gasteiger partial charge in [0.25, 0.3) is 0 Å². The molecule has 1 aromatic carbocycles. The third kappa shape index (κ3) is 3.98. The molecule has 104 valence electrons. The monoisotopic (exact) mass is 272 g/mol. The van der Waals surface area contributed by atoms with Crippen LogP contribution in [0.4, 0.5) is 0 Å². The van der Waals surface area contributed by atoms with Crippen LogP contribution in [0.3, 0.4) is 0 Å². The van der Waals surface area contributed by atoms with Crippen molar-refractivity contribution in [3.05, 3.63) is 54.1 Å². The van der Waals surface area contributed by atoms with Gasteiger partial charge in [-0.3, -0.25) is 0 Å². The molecule has 0 radical (unpaired) electrons. The first kappa shape index (κ1) is 13.9. The molecule has 2 rings (SSSR count). The summed E-state index contributed by atoms with van der Waals surface area (Å²) in [7, 11) is 0. The van der Waals surface area contributed by atoms with Crippen LogP contribution in [0, 0.1) is 6.92 Å². The van der Waals surface area contributed by atoms with Crippen molar-refractivity contribution in [2.24, 2.45) is 0 Å². The molecule has 0 saturated carbocycles. The van der Waals surface area contributed by atoms with Crippen LogP contribution in [-0.4, -0.2) is 27.2 Å². The topological polar surface area (TPSA) is 64.4 Å². The Hall–Kier alpha value is -2.56. The summed E-state index contributed by atoms with van der Waals surface area (Å²) in [5.74, 6) is 0.703. The van der Waals surface area contributed by atoms with Crippen molar-refractivity contribution in [2.75, 3.05) is 6.61 Å². The van der Waals surface area contributed by atoms with E-state index in [2.05, 4.69) is 4.98 Å². The van der Waals surface area contributed by atoms with Crippen LogP contribution in [0.25, 0.3) is 6.08 Å². The maximum atomic E-state index is 10.5.